The summed E-state index contributed by atoms with van der Waals surface area (Å²) in [4.78, 5) is 22.0. The highest BCUT2D eigenvalue weighted by Gasteiger charge is 2.32. The zero-order valence-corrected chi connectivity index (χ0v) is 10.3. The standard InChI is InChI=1S/C14H13N3O2/c18-13(12-10-15-6-7-16-12)17-8-9-19-14(17)11-4-2-1-3-5-11/h1-7,10,14H,8-9H2. The van der Waals surface area contributed by atoms with E-state index in [-0.39, 0.29) is 12.1 Å². The average Bonchev–Trinajstić information content (AvgIpc) is 2.98. The van der Waals surface area contributed by atoms with Gasteiger partial charge in [0.2, 0.25) is 0 Å². The molecule has 2 aromatic rings. The lowest BCUT2D eigenvalue weighted by Gasteiger charge is -2.22. The Kier molecular flexibility index (Phi) is 3.20. The summed E-state index contributed by atoms with van der Waals surface area (Å²) in [5.74, 6) is -0.153. The Balaban J connectivity index is 1.86. The Morgan fingerprint density at radius 3 is 2.84 bits per heavy atom. The van der Waals surface area contributed by atoms with E-state index in [1.165, 1.54) is 12.4 Å². The molecule has 1 aliphatic rings. The molecule has 19 heavy (non-hydrogen) atoms. The van der Waals surface area contributed by atoms with Crippen molar-refractivity contribution in [2.75, 3.05) is 13.2 Å². The van der Waals surface area contributed by atoms with Crippen molar-refractivity contribution >= 4 is 5.91 Å². The molecule has 0 bridgehead atoms. The predicted molar refractivity (Wildman–Crippen MR) is 68.2 cm³/mol. The van der Waals surface area contributed by atoms with Gasteiger partial charge in [0.1, 0.15) is 5.69 Å². The van der Waals surface area contributed by atoms with Crippen LogP contribution in [0.3, 0.4) is 0 Å². The molecule has 5 nitrogen and oxygen atoms in total. The Morgan fingerprint density at radius 1 is 1.26 bits per heavy atom. The van der Waals surface area contributed by atoms with Crippen molar-refractivity contribution in [1.82, 2.24) is 14.9 Å². The molecule has 5 heteroatoms. The van der Waals surface area contributed by atoms with E-state index < -0.39 is 0 Å². The van der Waals surface area contributed by atoms with Crippen molar-refractivity contribution in [2.45, 2.75) is 6.23 Å². The molecule has 3 rings (SSSR count). The topological polar surface area (TPSA) is 55.3 Å². The third kappa shape index (κ3) is 2.32. The highest BCUT2D eigenvalue weighted by molar-refractivity contribution is 5.92. The van der Waals surface area contributed by atoms with Gasteiger partial charge in [-0.1, -0.05) is 30.3 Å². The van der Waals surface area contributed by atoms with E-state index in [1.807, 2.05) is 30.3 Å². The molecule has 1 atom stereocenters. The molecule has 0 N–H and O–H groups in total. The van der Waals surface area contributed by atoms with E-state index in [0.717, 1.165) is 5.56 Å². The number of ether oxygens (including phenoxy) is 1. The van der Waals surface area contributed by atoms with Gasteiger partial charge in [0, 0.05) is 24.5 Å². The molecule has 0 aliphatic carbocycles. The molecular formula is C14H13N3O2. The van der Waals surface area contributed by atoms with Crippen molar-refractivity contribution in [3.63, 3.8) is 0 Å². The van der Waals surface area contributed by atoms with Crippen LogP contribution in [-0.4, -0.2) is 33.9 Å². The van der Waals surface area contributed by atoms with Gasteiger partial charge in [0.15, 0.2) is 6.23 Å². The Labute approximate surface area is 110 Å². The summed E-state index contributed by atoms with van der Waals surface area (Å²) in [5, 5.41) is 0. The lowest BCUT2D eigenvalue weighted by molar-refractivity contribution is 0.0268. The number of aromatic nitrogens is 2. The fraction of sp³-hybridized carbons (Fsp3) is 0.214. The number of carbonyl (C=O) groups excluding carboxylic acids is 1. The van der Waals surface area contributed by atoms with Crippen LogP contribution >= 0.6 is 0 Å². The molecular weight excluding hydrogens is 242 g/mol. The van der Waals surface area contributed by atoms with Crippen LogP contribution in [0.15, 0.2) is 48.9 Å². The number of benzene rings is 1. The SMILES string of the molecule is O=C(c1cnccn1)N1CCOC1c1ccccc1. The number of hydrogen-bond acceptors (Lipinski definition) is 4. The summed E-state index contributed by atoms with van der Waals surface area (Å²) in [6.07, 6.45) is 4.20. The van der Waals surface area contributed by atoms with Gasteiger partial charge < -0.3 is 9.64 Å². The minimum atomic E-state index is -0.337. The summed E-state index contributed by atoms with van der Waals surface area (Å²) >= 11 is 0. The molecule has 0 spiro atoms. The van der Waals surface area contributed by atoms with Gasteiger partial charge in [-0.2, -0.15) is 0 Å². The van der Waals surface area contributed by atoms with Gasteiger partial charge >= 0.3 is 0 Å². The predicted octanol–water partition coefficient (Wildman–Crippen LogP) is 1.65. The van der Waals surface area contributed by atoms with Crippen LogP contribution in [0.2, 0.25) is 0 Å². The van der Waals surface area contributed by atoms with Crippen LogP contribution in [0.4, 0.5) is 0 Å². The highest BCUT2D eigenvalue weighted by Crippen LogP contribution is 2.27. The maximum Gasteiger partial charge on any atom is 0.276 e. The molecule has 1 saturated heterocycles. The lowest BCUT2D eigenvalue weighted by atomic mass is 10.2. The number of nitrogens with zero attached hydrogens (tertiary/aromatic N) is 3. The van der Waals surface area contributed by atoms with Crippen molar-refractivity contribution in [1.29, 1.82) is 0 Å². The minimum absolute atomic E-state index is 0.153. The number of amides is 1. The Hall–Kier alpha value is -2.27. The maximum absolute atomic E-state index is 12.4. The van der Waals surface area contributed by atoms with Crippen molar-refractivity contribution in [2.24, 2.45) is 0 Å². The molecule has 2 heterocycles. The molecule has 1 aromatic heterocycles. The molecule has 0 saturated carbocycles. The highest BCUT2D eigenvalue weighted by atomic mass is 16.5. The van der Waals surface area contributed by atoms with Gasteiger partial charge in [0.05, 0.1) is 12.8 Å². The number of carbonyl (C=O) groups is 1. The van der Waals surface area contributed by atoms with Gasteiger partial charge in [-0.15, -0.1) is 0 Å². The summed E-state index contributed by atoms with van der Waals surface area (Å²) in [5.41, 5.74) is 1.31. The maximum atomic E-state index is 12.4. The monoisotopic (exact) mass is 255 g/mol. The molecule has 1 fully saturated rings. The van der Waals surface area contributed by atoms with Crippen LogP contribution in [-0.2, 0) is 4.74 Å². The minimum Gasteiger partial charge on any atom is -0.352 e. The first-order valence-corrected chi connectivity index (χ1v) is 6.10. The number of hydrogen-bond donors (Lipinski definition) is 0. The van der Waals surface area contributed by atoms with Crippen LogP contribution < -0.4 is 0 Å². The summed E-state index contributed by atoms with van der Waals surface area (Å²) in [6, 6.07) is 9.71. The first-order chi connectivity index (χ1) is 9.36. The van der Waals surface area contributed by atoms with Gasteiger partial charge in [-0.25, -0.2) is 4.98 Å². The molecule has 1 amide bonds. The van der Waals surface area contributed by atoms with E-state index in [2.05, 4.69) is 9.97 Å². The first-order valence-electron chi connectivity index (χ1n) is 6.10. The average molecular weight is 255 g/mol. The van der Waals surface area contributed by atoms with Gasteiger partial charge in [0.25, 0.3) is 5.91 Å². The fourth-order valence-electron chi connectivity index (χ4n) is 2.13. The summed E-state index contributed by atoms with van der Waals surface area (Å²) in [7, 11) is 0. The first kappa shape index (κ1) is 11.8. The number of rotatable bonds is 2. The van der Waals surface area contributed by atoms with E-state index in [0.29, 0.717) is 18.8 Å². The zero-order valence-electron chi connectivity index (χ0n) is 10.3. The second kappa shape index (κ2) is 5.16. The largest absolute Gasteiger partial charge is 0.352 e. The molecule has 1 aromatic carbocycles. The quantitative estimate of drug-likeness (QED) is 0.818. The van der Waals surface area contributed by atoms with Gasteiger partial charge in [-0.3, -0.25) is 9.78 Å². The third-order valence-electron chi connectivity index (χ3n) is 3.02. The fourth-order valence-corrected chi connectivity index (χ4v) is 2.13. The second-order valence-electron chi connectivity index (χ2n) is 4.22. The molecule has 1 aliphatic heterocycles. The van der Waals surface area contributed by atoms with E-state index in [9.17, 15) is 4.79 Å². The van der Waals surface area contributed by atoms with Crippen molar-refractivity contribution in [3.05, 3.63) is 60.2 Å². The van der Waals surface area contributed by atoms with Crippen LogP contribution in [0.1, 0.15) is 22.3 Å². The molecule has 0 radical (unpaired) electrons. The van der Waals surface area contributed by atoms with Crippen LogP contribution in [0.25, 0.3) is 0 Å². The Morgan fingerprint density at radius 2 is 2.11 bits per heavy atom. The zero-order chi connectivity index (χ0) is 13.1. The molecule has 96 valence electrons. The van der Waals surface area contributed by atoms with Gasteiger partial charge in [-0.05, 0) is 0 Å². The van der Waals surface area contributed by atoms with Crippen LogP contribution in [0, 0.1) is 0 Å². The van der Waals surface area contributed by atoms with Crippen molar-refractivity contribution < 1.29 is 9.53 Å². The summed E-state index contributed by atoms with van der Waals surface area (Å²) in [6.45, 7) is 1.10. The Bertz CT molecular complexity index is 559. The smallest absolute Gasteiger partial charge is 0.276 e. The van der Waals surface area contributed by atoms with E-state index in [1.54, 1.807) is 11.1 Å². The van der Waals surface area contributed by atoms with E-state index >= 15 is 0 Å². The van der Waals surface area contributed by atoms with E-state index in [4.69, 9.17) is 4.74 Å². The molecule has 1 unspecified atom stereocenters. The second-order valence-corrected chi connectivity index (χ2v) is 4.22. The lowest BCUT2D eigenvalue weighted by Crippen LogP contribution is -2.31. The summed E-state index contributed by atoms with van der Waals surface area (Å²) < 4.78 is 5.65. The van der Waals surface area contributed by atoms with Crippen molar-refractivity contribution in [3.8, 4) is 0 Å². The third-order valence-corrected chi connectivity index (χ3v) is 3.02. The van der Waals surface area contributed by atoms with Crippen LogP contribution in [0.5, 0.6) is 0 Å². The normalized spacial score (nSPS) is 18.5.